The minimum Gasteiger partial charge on any atom is -0.387 e. The lowest BCUT2D eigenvalue weighted by molar-refractivity contribution is -0.273. The highest BCUT2D eigenvalue weighted by atomic mass is 16.7. The van der Waals surface area contributed by atoms with Gasteiger partial charge in [0, 0.05) is 4.91 Å². The van der Waals surface area contributed by atoms with Crippen molar-refractivity contribution >= 4 is 0 Å². The maximum atomic E-state index is 9.83. The van der Waals surface area contributed by atoms with E-state index in [9.17, 15) is 20.4 Å². The fourth-order valence-electron chi connectivity index (χ4n) is 1.60. The summed E-state index contributed by atoms with van der Waals surface area (Å²) in [6.07, 6.45) is -6.59. The van der Waals surface area contributed by atoms with Gasteiger partial charge >= 0.3 is 0 Å². The van der Waals surface area contributed by atoms with Gasteiger partial charge in [0.25, 0.3) is 0 Å². The van der Waals surface area contributed by atoms with E-state index in [4.69, 9.17) is 15.5 Å². The molecule has 0 aromatic heterocycles. The monoisotopic (exact) mass is 244 g/mol. The van der Waals surface area contributed by atoms with Gasteiger partial charge in [0.15, 0.2) is 0 Å². The third-order valence-electron chi connectivity index (χ3n) is 2.56. The van der Waals surface area contributed by atoms with Crippen LogP contribution < -0.4 is 0 Å². The molecule has 0 saturated carbocycles. The van der Waals surface area contributed by atoms with Gasteiger partial charge in [0.2, 0.25) is 5.79 Å². The Morgan fingerprint density at radius 1 is 1.59 bits per heavy atom. The maximum Gasteiger partial charge on any atom is 0.223 e. The average Bonchev–Trinajstić information content (AvgIpc) is 2.53. The molecule has 0 aromatic rings. The zero-order valence-corrected chi connectivity index (χ0v) is 8.71. The van der Waals surface area contributed by atoms with Gasteiger partial charge in [-0.05, 0) is 5.53 Å². The molecule has 0 aromatic carbocycles. The Balaban J connectivity index is 2.83. The lowest BCUT2D eigenvalue weighted by atomic mass is 9.98. The van der Waals surface area contributed by atoms with E-state index in [2.05, 4.69) is 10.0 Å². The summed E-state index contributed by atoms with van der Waals surface area (Å²) in [7, 11) is 0. The molecule has 9 heteroatoms. The van der Waals surface area contributed by atoms with Crippen LogP contribution in [-0.2, 0) is 4.74 Å². The lowest BCUT2D eigenvalue weighted by Gasteiger charge is -2.29. The molecule has 1 rings (SSSR count). The van der Waals surface area contributed by atoms with Crippen LogP contribution in [0.5, 0.6) is 0 Å². The van der Waals surface area contributed by atoms with Gasteiger partial charge in [0.1, 0.15) is 18.3 Å². The molecule has 94 valence electrons. The second-order valence-corrected chi connectivity index (χ2v) is 3.64. The van der Waals surface area contributed by atoms with Crippen molar-refractivity contribution in [2.75, 3.05) is 6.54 Å². The minimum atomic E-state index is -2.44. The van der Waals surface area contributed by atoms with Crippen molar-refractivity contribution in [3.05, 3.63) is 10.4 Å². The highest BCUT2D eigenvalue weighted by molar-refractivity contribution is 5.01. The molecule has 0 spiro atoms. The van der Waals surface area contributed by atoms with E-state index in [1.54, 1.807) is 6.07 Å². The molecule has 0 unspecified atom stereocenters. The molecule has 0 radical (unpaired) electrons. The number of ether oxygens (including phenoxy) is 1. The second-order valence-electron chi connectivity index (χ2n) is 3.64. The van der Waals surface area contributed by atoms with Crippen LogP contribution in [0.2, 0.25) is 0 Å². The summed E-state index contributed by atoms with van der Waals surface area (Å²) in [4.78, 5) is 2.44. The van der Waals surface area contributed by atoms with E-state index in [0.29, 0.717) is 0 Å². The second kappa shape index (κ2) is 5.29. The van der Waals surface area contributed by atoms with Crippen LogP contribution in [0.3, 0.4) is 0 Å². The lowest BCUT2D eigenvalue weighted by Crippen LogP contribution is -2.52. The normalized spacial score (nSPS) is 38.2. The molecule has 17 heavy (non-hydrogen) atoms. The van der Waals surface area contributed by atoms with Crippen molar-refractivity contribution < 1.29 is 25.2 Å². The quantitative estimate of drug-likeness (QED) is 0.264. The van der Waals surface area contributed by atoms with Gasteiger partial charge in [-0.1, -0.05) is 5.11 Å². The molecule has 5 atom stereocenters. The number of aliphatic hydroxyl groups excluding tert-OH is 3. The third-order valence-corrected chi connectivity index (χ3v) is 2.56. The standard InChI is InChI=1S/C8H12N4O5/c9-2-1-5(13)8(16)7(15)6(14)4(17-8)3-11-12-10/h4-7,13-16H,1,3H2/t4-,5+,6+,7-,8+/m0/s1. The van der Waals surface area contributed by atoms with Crippen molar-refractivity contribution in [1.82, 2.24) is 0 Å². The van der Waals surface area contributed by atoms with E-state index < -0.39 is 36.6 Å². The topological polar surface area (TPSA) is 163 Å². The Labute approximate surface area is 96.1 Å². The zero-order chi connectivity index (χ0) is 13.1. The SMILES string of the molecule is N#CC[C@@H](O)[C@@]1(O)O[C@@H](CN=[N+]=[N-])[C@@H](O)[C@@H]1O. The first-order valence-electron chi connectivity index (χ1n) is 4.79. The predicted molar refractivity (Wildman–Crippen MR) is 52.1 cm³/mol. The van der Waals surface area contributed by atoms with Gasteiger partial charge in [-0.3, -0.25) is 0 Å². The van der Waals surface area contributed by atoms with Crippen LogP contribution in [0, 0.1) is 11.3 Å². The number of rotatable bonds is 4. The van der Waals surface area contributed by atoms with Gasteiger partial charge in [0.05, 0.1) is 25.1 Å². The van der Waals surface area contributed by atoms with E-state index in [-0.39, 0.29) is 6.54 Å². The van der Waals surface area contributed by atoms with Gasteiger partial charge in [-0.15, -0.1) is 0 Å². The molecule has 1 fully saturated rings. The number of aliphatic hydroxyl groups is 4. The van der Waals surface area contributed by atoms with Crippen LogP contribution in [0.25, 0.3) is 10.4 Å². The minimum absolute atomic E-state index is 0.309. The van der Waals surface area contributed by atoms with Crippen LogP contribution in [0.15, 0.2) is 5.11 Å². The average molecular weight is 244 g/mol. The molecule has 0 aliphatic carbocycles. The van der Waals surface area contributed by atoms with Gasteiger partial charge < -0.3 is 25.2 Å². The van der Waals surface area contributed by atoms with Crippen LogP contribution in [-0.4, -0.2) is 57.2 Å². The zero-order valence-electron chi connectivity index (χ0n) is 8.71. The molecule has 1 heterocycles. The Morgan fingerprint density at radius 3 is 2.76 bits per heavy atom. The van der Waals surface area contributed by atoms with E-state index >= 15 is 0 Å². The third kappa shape index (κ3) is 2.48. The van der Waals surface area contributed by atoms with Crippen molar-refractivity contribution in [3.63, 3.8) is 0 Å². The fourth-order valence-corrected chi connectivity index (χ4v) is 1.60. The molecule has 1 saturated heterocycles. The summed E-state index contributed by atoms with van der Waals surface area (Å²) >= 11 is 0. The van der Waals surface area contributed by atoms with Crippen molar-refractivity contribution in [2.24, 2.45) is 5.11 Å². The van der Waals surface area contributed by atoms with Crippen LogP contribution >= 0.6 is 0 Å². The summed E-state index contributed by atoms with van der Waals surface area (Å²) in [6, 6.07) is 1.60. The summed E-state index contributed by atoms with van der Waals surface area (Å²) in [5.74, 6) is -2.44. The number of nitrogens with zero attached hydrogens (tertiary/aromatic N) is 4. The molecule has 0 bridgehead atoms. The van der Waals surface area contributed by atoms with E-state index in [0.717, 1.165) is 0 Å². The molecule has 9 nitrogen and oxygen atoms in total. The van der Waals surface area contributed by atoms with E-state index in [1.807, 2.05) is 0 Å². The molecule has 1 aliphatic rings. The Kier molecular flexibility index (Phi) is 4.25. The van der Waals surface area contributed by atoms with Gasteiger partial charge in [-0.25, -0.2) is 0 Å². The van der Waals surface area contributed by atoms with Crippen molar-refractivity contribution in [2.45, 2.75) is 36.6 Å². The van der Waals surface area contributed by atoms with E-state index in [1.165, 1.54) is 0 Å². The Hall–Kier alpha value is -1.40. The first kappa shape index (κ1) is 13.7. The number of hydrogen-bond acceptors (Lipinski definition) is 7. The largest absolute Gasteiger partial charge is 0.387 e. The summed E-state index contributed by atoms with van der Waals surface area (Å²) in [5.41, 5.74) is 8.11. The molecule has 1 aliphatic heterocycles. The van der Waals surface area contributed by atoms with Crippen molar-refractivity contribution in [3.8, 4) is 6.07 Å². The summed E-state index contributed by atoms with van der Waals surface area (Å²) in [5, 5.41) is 49.9. The summed E-state index contributed by atoms with van der Waals surface area (Å²) in [6.45, 7) is -0.309. The number of hydrogen-bond donors (Lipinski definition) is 4. The fraction of sp³-hybridized carbons (Fsp3) is 0.875. The molecular formula is C8H12N4O5. The van der Waals surface area contributed by atoms with Crippen LogP contribution in [0.1, 0.15) is 6.42 Å². The Morgan fingerprint density at radius 2 is 2.24 bits per heavy atom. The molecule has 4 N–H and O–H groups in total. The smallest absolute Gasteiger partial charge is 0.223 e. The maximum absolute atomic E-state index is 9.83. The summed E-state index contributed by atoms with van der Waals surface area (Å²) < 4.78 is 4.88. The first-order chi connectivity index (χ1) is 7.97. The van der Waals surface area contributed by atoms with Crippen LogP contribution in [0.4, 0.5) is 0 Å². The first-order valence-corrected chi connectivity index (χ1v) is 4.79. The number of nitriles is 1. The molecule has 0 amide bonds. The van der Waals surface area contributed by atoms with Gasteiger partial charge in [-0.2, -0.15) is 5.26 Å². The predicted octanol–water partition coefficient (Wildman–Crippen LogP) is -1.62. The van der Waals surface area contributed by atoms with Crippen molar-refractivity contribution in [1.29, 1.82) is 5.26 Å². The number of azide groups is 1. The highest BCUT2D eigenvalue weighted by Gasteiger charge is 2.56. The molecular weight excluding hydrogens is 232 g/mol. The highest BCUT2D eigenvalue weighted by Crippen LogP contribution is 2.33. The Bertz CT molecular complexity index is 365.